The van der Waals surface area contributed by atoms with Gasteiger partial charge < -0.3 is 15.2 Å². The lowest BCUT2D eigenvalue weighted by Crippen LogP contribution is -2.43. The van der Waals surface area contributed by atoms with Crippen LogP contribution in [0.3, 0.4) is 0 Å². The smallest absolute Gasteiger partial charge is 0.350 e. The van der Waals surface area contributed by atoms with Crippen LogP contribution >= 0.6 is 0 Å². The van der Waals surface area contributed by atoms with Crippen LogP contribution in [0.25, 0.3) is 0 Å². The molecule has 0 saturated carbocycles. The molecule has 0 unspecified atom stereocenters. The number of esters is 2. The summed E-state index contributed by atoms with van der Waals surface area (Å²) in [5.74, 6) is -2.76. The number of hydrogen-bond donors (Lipinski definition) is 1. The van der Waals surface area contributed by atoms with Crippen LogP contribution in [0.1, 0.15) is 27.7 Å². The molecule has 0 atom stereocenters. The van der Waals surface area contributed by atoms with Crippen molar-refractivity contribution in [2.75, 3.05) is 0 Å². The van der Waals surface area contributed by atoms with Gasteiger partial charge in [0.05, 0.1) is 0 Å². The molecule has 2 N–H and O–H groups in total. The van der Waals surface area contributed by atoms with Crippen LogP contribution in [0.4, 0.5) is 0 Å². The third-order valence-corrected chi connectivity index (χ3v) is 2.00. The van der Waals surface area contributed by atoms with Crippen molar-refractivity contribution in [3.8, 4) is 0 Å². The number of carbonyl (C=O) groups excluding carboxylic acids is 2. The van der Waals surface area contributed by atoms with Gasteiger partial charge in [0.2, 0.25) is 0 Å². The van der Waals surface area contributed by atoms with E-state index in [1.165, 1.54) is 13.8 Å². The Morgan fingerprint density at radius 3 is 1.93 bits per heavy atom. The molecule has 5 nitrogen and oxygen atoms in total. The number of hydrogen-bond acceptors (Lipinski definition) is 5. The van der Waals surface area contributed by atoms with E-state index in [4.69, 9.17) is 15.2 Å². The molecule has 0 aromatic carbocycles. The maximum Gasteiger partial charge on any atom is 0.350 e. The zero-order valence-corrected chi connectivity index (χ0v) is 9.29. The van der Waals surface area contributed by atoms with E-state index in [1.54, 1.807) is 13.8 Å². The molecule has 5 heteroatoms. The molecular weight excluding hydrogens is 198 g/mol. The standard InChI is InChI=1S/C10H15NO4/c1-5(2)7(11)6-8(12)14-10(3,4)15-9(6)13/h5H,11H2,1-4H3. The van der Waals surface area contributed by atoms with Crippen molar-refractivity contribution in [2.45, 2.75) is 33.5 Å². The molecule has 0 aromatic rings. The molecular formula is C10H15NO4. The fourth-order valence-electron chi connectivity index (χ4n) is 1.18. The summed E-state index contributed by atoms with van der Waals surface area (Å²) in [7, 11) is 0. The first-order valence-corrected chi connectivity index (χ1v) is 4.71. The fourth-order valence-corrected chi connectivity index (χ4v) is 1.18. The van der Waals surface area contributed by atoms with Crippen molar-refractivity contribution in [1.82, 2.24) is 0 Å². The first-order chi connectivity index (χ1) is 6.74. The quantitative estimate of drug-likeness (QED) is 0.394. The Morgan fingerprint density at radius 1 is 1.20 bits per heavy atom. The van der Waals surface area contributed by atoms with Gasteiger partial charge in [0.25, 0.3) is 5.79 Å². The number of rotatable bonds is 1. The summed E-state index contributed by atoms with van der Waals surface area (Å²) in [4.78, 5) is 23.0. The van der Waals surface area contributed by atoms with Crippen LogP contribution in [0, 0.1) is 5.92 Å². The van der Waals surface area contributed by atoms with Gasteiger partial charge >= 0.3 is 11.9 Å². The monoisotopic (exact) mass is 213 g/mol. The van der Waals surface area contributed by atoms with E-state index in [9.17, 15) is 9.59 Å². The molecule has 0 aliphatic carbocycles. The van der Waals surface area contributed by atoms with Gasteiger partial charge in [0.1, 0.15) is 0 Å². The Kier molecular flexibility index (Phi) is 2.75. The number of allylic oxidation sites excluding steroid dienone is 1. The fraction of sp³-hybridized carbons (Fsp3) is 0.600. The van der Waals surface area contributed by atoms with Crippen molar-refractivity contribution < 1.29 is 19.1 Å². The van der Waals surface area contributed by atoms with E-state index in [0.29, 0.717) is 0 Å². The molecule has 0 spiro atoms. The Morgan fingerprint density at radius 2 is 1.60 bits per heavy atom. The van der Waals surface area contributed by atoms with Crippen molar-refractivity contribution in [2.24, 2.45) is 11.7 Å². The normalized spacial score (nSPS) is 19.9. The molecule has 0 bridgehead atoms. The number of carbonyl (C=O) groups is 2. The van der Waals surface area contributed by atoms with E-state index in [0.717, 1.165) is 0 Å². The SMILES string of the molecule is CC(C)C(N)=C1C(=O)OC(C)(C)OC1=O. The van der Waals surface area contributed by atoms with Crippen molar-refractivity contribution in [1.29, 1.82) is 0 Å². The Hall–Kier alpha value is -1.52. The van der Waals surface area contributed by atoms with E-state index >= 15 is 0 Å². The minimum atomic E-state index is -1.21. The second-order valence-corrected chi connectivity index (χ2v) is 4.16. The van der Waals surface area contributed by atoms with Crippen LogP contribution < -0.4 is 5.73 Å². The molecule has 84 valence electrons. The highest BCUT2D eigenvalue weighted by Gasteiger charge is 2.40. The summed E-state index contributed by atoms with van der Waals surface area (Å²) < 4.78 is 9.82. The van der Waals surface area contributed by atoms with E-state index in [-0.39, 0.29) is 17.2 Å². The minimum absolute atomic E-state index is 0.110. The molecule has 15 heavy (non-hydrogen) atoms. The van der Waals surface area contributed by atoms with E-state index in [1.807, 2.05) is 0 Å². The van der Waals surface area contributed by atoms with Crippen molar-refractivity contribution >= 4 is 11.9 Å². The summed E-state index contributed by atoms with van der Waals surface area (Å²) in [5, 5.41) is 0. The molecule has 0 aromatic heterocycles. The lowest BCUT2D eigenvalue weighted by atomic mass is 10.0. The zero-order valence-electron chi connectivity index (χ0n) is 9.29. The van der Waals surface area contributed by atoms with E-state index < -0.39 is 17.7 Å². The predicted molar refractivity (Wildman–Crippen MR) is 52.3 cm³/mol. The Bertz CT molecular complexity index is 319. The molecule has 0 amide bonds. The topological polar surface area (TPSA) is 78.6 Å². The predicted octanol–water partition coefficient (Wildman–Crippen LogP) is 0.691. The Balaban J connectivity index is 3.10. The molecule has 1 heterocycles. The van der Waals surface area contributed by atoms with Gasteiger partial charge in [-0.25, -0.2) is 9.59 Å². The molecule has 0 radical (unpaired) electrons. The van der Waals surface area contributed by atoms with Gasteiger partial charge in [0, 0.05) is 19.5 Å². The second-order valence-electron chi connectivity index (χ2n) is 4.16. The van der Waals surface area contributed by atoms with Gasteiger partial charge in [-0.3, -0.25) is 0 Å². The molecule has 1 saturated heterocycles. The Labute approximate surface area is 88.2 Å². The summed E-state index contributed by atoms with van der Waals surface area (Å²) in [6.45, 7) is 6.54. The third kappa shape index (κ3) is 2.29. The molecule has 1 aliphatic rings. The van der Waals surface area contributed by atoms with Gasteiger partial charge in [-0.05, 0) is 5.92 Å². The summed E-state index contributed by atoms with van der Waals surface area (Å²) in [6.07, 6.45) is 0. The third-order valence-electron chi connectivity index (χ3n) is 2.00. The van der Waals surface area contributed by atoms with Crippen LogP contribution in [-0.4, -0.2) is 17.7 Å². The number of cyclic esters (lactones) is 2. The molecule has 1 rings (SSSR count). The average Bonchev–Trinajstić information content (AvgIpc) is 1.99. The second kappa shape index (κ2) is 3.56. The summed E-state index contributed by atoms with van der Waals surface area (Å²) in [5.41, 5.74) is 5.64. The van der Waals surface area contributed by atoms with Crippen molar-refractivity contribution in [3.63, 3.8) is 0 Å². The maximum atomic E-state index is 11.5. The van der Waals surface area contributed by atoms with Crippen LogP contribution in [0.2, 0.25) is 0 Å². The zero-order chi connectivity index (χ0) is 11.8. The first kappa shape index (κ1) is 11.6. The highest BCUT2D eigenvalue weighted by molar-refractivity contribution is 6.15. The van der Waals surface area contributed by atoms with Crippen LogP contribution in [0.15, 0.2) is 11.3 Å². The minimum Gasteiger partial charge on any atom is -0.419 e. The maximum absolute atomic E-state index is 11.5. The summed E-state index contributed by atoms with van der Waals surface area (Å²) >= 11 is 0. The molecule has 1 aliphatic heterocycles. The van der Waals surface area contributed by atoms with Gasteiger partial charge in [-0.2, -0.15) is 0 Å². The lowest BCUT2D eigenvalue weighted by molar-refractivity contribution is -0.222. The molecule has 1 fully saturated rings. The van der Waals surface area contributed by atoms with Gasteiger partial charge in [-0.1, -0.05) is 13.8 Å². The van der Waals surface area contributed by atoms with Gasteiger partial charge in [-0.15, -0.1) is 0 Å². The highest BCUT2D eigenvalue weighted by Crippen LogP contribution is 2.25. The number of ether oxygens (including phenoxy) is 2. The lowest BCUT2D eigenvalue weighted by Gasteiger charge is -2.30. The summed E-state index contributed by atoms with van der Waals surface area (Å²) in [6, 6.07) is 0. The van der Waals surface area contributed by atoms with Gasteiger partial charge in [0.15, 0.2) is 5.57 Å². The average molecular weight is 213 g/mol. The van der Waals surface area contributed by atoms with E-state index in [2.05, 4.69) is 0 Å². The highest BCUT2D eigenvalue weighted by atomic mass is 16.7. The van der Waals surface area contributed by atoms with Crippen molar-refractivity contribution in [3.05, 3.63) is 11.3 Å². The van der Waals surface area contributed by atoms with Crippen LogP contribution in [-0.2, 0) is 19.1 Å². The number of nitrogens with two attached hydrogens (primary N) is 1. The van der Waals surface area contributed by atoms with Crippen LogP contribution in [0.5, 0.6) is 0 Å². The first-order valence-electron chi connectivity index (χ1n) is 4.71. The largest absolute Gasteiger partial charge is 0.419 e.